The van der Waals surface area contributed by atoms with Gasteiger partial charge in [-0.2, -0.15) is 5.26 Å². The van der Waals surface area contributed by atoms with Crippen LogP contribution in [0.2, 0.25) is 0 Å². The molecule has 1 aromatic heterocycles. The second-order valence-electron chi connectivity index (χ2n) is 4.29. The van der Waals surface area contributed by atoms with Gasteiger partial charge in [0.15, 0.2) is 0 Å². The van der Waals surface area contributed by atoms with Gasteiger partial charge in [-0.1, -0.05) is 18.2 Å². The van der Waals surface area contributed by atoms with E-state index in [2.05, 4.69) is 10.3 Å². The van der Waals surface area contributed by atoms with Crippen LogP contribution in [-0.2, 0) is 0 Å². The highest BCUT2D eigenvalue weighted by Gasteiger charge is 2.14. The lowest BCUT2D eigenvalue weighted by Crippen LogP contribution is -2.29. The summed E-state index contributed by atoms with van der Waals surface area (Å²) in [7, 11) is 0. The summed E-state index contributed by atoms with van der Waals surface area (Å²) >= 11 is 0. The molecule has 0 spiro atoms. The summed E-state index contributed by atoms with van der Waals surface area (Å²) in [4.78, 5) is 15.6. The lowest BCUT2D eigenvalue weighted by molar-refractivity contribution is 0.0909. The fourth-order valence-corrected chi connectivity index (χ4v) is 1.73. The van der Waals surface area contributed by atoms with Crippen LogP contribution in [0.15, 0.2) is 42.6 Å². The number of aromatic nitrogens is 1. The number of carbonyl (C=O) groups excluding carboxylic acids is 1. The van der Waals surface area contributed by atoms with Gasteiger partial charge >= 0.3 is 0 Å². The molecule has 0 radical (unpaired) electrons. The Labute approximate surface area is 120 Å². The van der Waals surface area contributed by atoms with E-state index < -0.39 is 17.8 Å². The monoisotopic (exact) mass is 285 g/mol. The van der Waals surface area contributed by atoms with E-state index in [9.17, 15) is 14.3 Å². The van der Waals surface area contributed by atoms with Gasteiger partial charge in [-0.3, -0.25) is 4.79 Å². The van der Waals surface area contributed by atoms with Crippen molar-refractivity contribution >= 4 is 5.91 Å². The molecular weight excluding hydrogens is 273 g/mol. The summed E-state index contributed by atoms with van der Waals surface area (Å²) in [5, 5.41) is 21.0. The standard InChI is InChI=1S/C15H12FN3O2/c16-12-4-2-1-3-11(12)14(20)9-19-15(21)13-6-5-10(7-17)8-18-13/h1-6,8,14,20H,9H2,(H,19,21). The third kappa shape index (κ3) is 3.61. The quantitative estimate of drug-likeness (QED) is 0.892. The molecule has 0 aliphatic carbocycles. The van der Waals surface area contributed by atoms with Crippen LogP contribution in [0.5, 0.6) is 0 Å². The van der Waals surface area contributed by atoms with Gasteiger partial charge in [-0.05, 0) is 18.2 Å². The van der Waals surface area contributed by atoms with Crippen molar-refractivity contribution in [3.05, 3.63) is 65.2 Å². The van der Waals surface area contributed by atoms with Crippen molar-refractivity contribution in [2.24, 2.45) is 0 Å². The zero-order valence-corrected chi connectivity index (χ0v) is 11.0. The number of rotatable bonds is 4. The molecular formula is C15H12FN3O2. The van der Waals surface area contributed by atoms with Crippen LogP contribution >= 0.6 is 0 Å². The molecule has 0 saturated heterocycles. The molecule has 1 unspecified atom stereocenters. The van der Waals surface area contributed by atoms with Crippen molar-refractivity contribution in [3.8, 4) is 6.07 Å². The number of hydrogen-bond donors (Lipinski definition) is 2. The third-order valence-electron chi connectivity index (χ3n) is 2.85. The largest absolute Gasteiger partial charge is 0.386 e. The average molecular weight is 285 g/mol. The topological polar surface area (TPSA) is 86.0 Å². The van der Waals surface area contributed by atoms with Crippen molar-refractivity contribution in [2.75, 3.05) is 6.54 Å². The molecule has 2 aromatic rings. The zero-order chi connectivity index (χ0) is 15.2. The number of aliphatic hydroxyl groups is 1. The van der Waals surface area contributed by atoms with Gasteiger partial charge in [0.1, 0.15) is 17.6 Å². The number of nitrogens with one attached hydrogen (secondary N) is 1. The van der Waals surface area contributed by atoms with E-state index in [1.165, 1.54) is 36.5 Å². The summed E-state index contributed by atoms with van der Waals surface area (Å²) in [5.41, 5.74) is 0.582. The second kappa shape index (κ2) is 6.59. The smallest absolute Gasteiger partial charge is 0.269 e. The number of pyridine rings is 1. The van der Waals surface area contributed by atoms with Crippen LogP contribution in [-0.4, -0.2) is 22.5 Å². The molecule has 106 valence electrons. The molecule has 2 N–H and O–H groups in total. The minimum atomic E-state index is -1.14. The molecule has 2 rings (SSSR count). The van der Waals surface area contributed by atoms with Gasteiger partial charge in [0.05, 0.1) is 11.7 Å². The Bertz CT molecular complexity index is 680. The van der Waals surface area contributed by atoms with Gasteiger partial charge in [-0.15, -0.1) is 0 Å². The van der Waals surface area contributed by atoms with E-state index in [0.717, 1.165) is 0 Å². The van der Waals surface area contributed by atoms with Crippen LogP contribution in [0.1, 0.15) is 27.7 Å². The number of hydrogen-bond acceptors (Lipinski definition) is 4. The maximum absolute atomic E-state index is 13.5. The lowest BCUT2D eigenvalue weighted by atomic mass is 10.1. The molecule has 21 heavy (non-hydrogen) atoms. The second-order valence-corrected chi connectivity index (χ2v) is 4.29. The maximum atomic E-state index is 13.5. The minimum Gasteiger partial charge on any atom is -0.386 e. The first-order valence-corrected chi connectivity index (χ1v) is 6.18. The highest BCUT2D eigenvalue weighted by Crippen LogP contribution is 2.15. The molecule has 0 saturated carbocycles. The van der Waals surface area contributed by atoms with Gasteiger partial charge in [0.25, 0.3) is 5.91 Å². The van der Waals surface area contributed by atoms with Gasteiger partial charge in [-0.25, -0.2) is 9.37 Å². The van der Waals surface area contributed by atoms with Gasteiger partial charge in [0.2, 0.25) is 0 Å². The Hall–Kier alpha value is -2.78. The first-order chi connectivity index (χ1) is 10.1. The maximum Gasteiger partial charge on any atom is 0.269 e. The molecule has 0 aliphatic heterocycles. The van der Waals surface area contributed by atoms with E-state index in [-0.39, 0.29) is 17.8 Å². The van der Waals surface area contributed by atoms with Crippen molar-refractivity contribution < 1.29 is 14.3 Å². The summed E-state index contributed by atoms with van der Waals surface area (Å²) in [6, 6.07) is 10.6. The predicted molar refractivity (Wildman–Crippen MR) is 72.6 cm³/mol. The molecule has 0 aliphatic rings. The first-order valence-electron chi connectivity index (χ1n) is 6.18. The normalized spacial score (nSPS) is 11.5. The zero-order valence-electron chi connectivity index (χ0n) is 11.0. The van der Waals surface area contributed by atoms with Gasteiger partial charge < -0.3 is 10.4 Å². The summed E-state index contributed by atoms with van der Waals surface area (Å²) in [6.07, 6.45) is 0.135. The Morgan fingerprint density at radius 1 is 1.38 bits per heavy atom. The molecule has 0 fully saturated rings. The highest BCUT2D eigenvalue weighted by molar-refractivity contribution is 5.92. The molecule has 1 amide bonds. The van der Waals surface area contributed by atoms with Crippen molar-refractivity contribution in [1.29, 1.82) is 5.26 Å². The SMILES string of the molecule is N#Cc1ccc(C(=O)NCC(O)c2ccccc2F)nc1. The van der Waals surface area contributed by atoms with Gasteiger partial charge in [0, 0.05) is 18.3 Å². The molecule has 6 heteroatoms. The molecule has 0 bridgehead atoms. The minimum absolute atomic E-state index is 0.116. The number of halogens is 1. The van der Waals surface area contributed by atoms with Crippen LogP contribution in [0.25, 0.3) is 0 Å². The van der Waals surface area contributed by atoms with E-state index in [1.54, 1.807) is 6.07 Å². The summed E-state index contributed by atoms with van der Waals surface area (Å²) in [6.45, 7) is -0.137. The van der Waals surface area contributed by atoms with E-state index in [0.29, 0.717) is 5.56 Å². The number of nitrogens with zero attached hydrogens (tertiary/aromatic N) is 2. The van der Waals surface area contributed by atoms with Crippen LogP contribution in [0.4, 0.5) is 4.39 Å². The van der Waals surface area contributed by atoms with Crippen molar-refractivity contribution in [2.45, 2.75) is 6.10 Å². The highest BCUT2D eigenvalue weighted by atomic mass is 19.1. The Morgan fingerprint density at radius 3 is 2.76 bits per heavy atom. The predicted octanol–water partition coefficient (Wildman–Crippen LogP) is 1.56. The summed E-state index contributed by atoms with van der Waals surface area (Å²) < 4.78 is 13.5. The Kier molecular flexibility index (Phi) is 4.59. The first kappa shape index (κ1) is 14.6. The number of amides is 1. The molecule has 1 atom stereocenters. The fourth-order valence-electron chi connectivity index (χ4n) is 1.73. The number of carbonyl (C=O) groups is 1. The van der Waals surface area contributed by atoms with Crippen LogP contribution in [0, 0.1) is 17.1 Å². The molecule has 1 aromatic carbocycles. The third-order valence-corrected chi connectivity index (χ3v) is 2.85. The van der Waals surface area contributed by atoms with Crippen LogP contribution < -0.4 is 5.32 Å². The average Bonchev–Trinajstić information content (AvgIpc) is 2.52. The van der Waals surface area contributed by atoms with E-state index in [1.807, 2.05) is 6.07 Å². The fraction of sp³-hybridized carbons (Fsp3) is 0.133. The van der Waals surface area contributed by atoms with E-state index in [4.69, 9.17) is 5.26 Å². The molecule has 5 nitrogen and oxygen atoms in total. The van der Waals surface area contributed by atoms with Crippen molar-refractivity contribution in [3.63, 3.8) is 0 Å². The number of aliphatic hydroxyl groups excluding tert-OH is 1. The Balaban J connectivity index is 1.97. The van der Waals surface area contributed by atoms with Crippen molar-refractivity contribution in [1.82, 2.24) is 10.3 Å². The van der Waals surface area contributed by atoms with E-state index >= 15 is 0 Å². The lowest BCUT2D eigenvalue weighted by Gasteiger charge is -2.12. The number of benzene rings is 1. The summed E-state index contributed by atoms with van der Waals surface area (Å²) in [5.74, 6) is -1.04. The molecule has 1 heterocycles. The van der Waals surface area contributed by atoms with Crippen LogP contribution in [0.3, 0.4) is 0 Å². The Morgan fingerprint density at radius 2 is 2.14 bits per heavy atom. The number of nitriles is 1.